The Kier molecular flexibility index (Phi) is 5.59. The fourth-order valence-electron chi connectivity index (χ4n) is 6.11. The molecule has 1 unspecified atom stereocenters. The largest absolute Gasteiger partial charge is 0.494 e. The zero-order chi connectivity index (χ0) is 26.0. The van der Waals surface area contributed by atoms with Crippen LogP contribution < -0.4 is 15.2 Å². The molecule has 1 aliphatic carbocycles. The van der Waals surface area contributed by atoms with Crippen LogP contribution in [0, 0.1) is 5.92 Å². The van der Waals surface area contributed by atoms with Gasteiger partial charge in [-0.15, -0.1) is 0 Å². The lowest BCUT2D eigenvalue weighted by Crippen LogP contribution is -2.41. The van der Waals surface area contributed by atoms with Crippen molar-refractivity contribution in [3.05, 3.63) is 35.9 Å². The van der Waals surface area contributed by atoms with Crippen LogP contribution in [0.1, 0.15) is 37.0 Å². The van der Waals surface area contributed by atoms with E-state index in [1.807, 2.05) is 46.2 Å². The number of hydrogen-bond donors (Lipinski definition) is 1. The summed E-state index contributed by atoms with van der Waals surface area (Å²) in [6.07, 6.45) is 0.588. The van der Waals surface area contributed by atoms with Crippen LogP contribution in [-0.4, -0.2) is 62.0 Å². The topological polar surface area (TPSA) is 100 Å². The molecule has 194 valence electrons. The third-order valence-corrected chi connectivity index (χ3v) is 7.86. The second-order valence-electron chi connectivity index (χ2n) is 9.98. The molecule has 4 aromatic rings. The highest BCUT2D eigenvalue weighted by Gasteiger charge is 2.47. The first-order valence-corrected chi connectivity index (χ1v) is 12.7. The zero-order valence-electron chi connectivity index (χ0n) is 21.4. The number of amides is 1. The van der Waals surface area contributed by atoms with E-state index >= 15 is 0 Å². The van der Waals surface area contributed by atoms with Crippen LogP contribution in [0.4, 0.5) is 4.39 Å². The minimum absolute atomic E-state index is 0.0310. The van der Waals surface area contributed by atoms with Crippen molar-refractivity contribution in [2.75, 3.05) is 13.7 Å². The van der Waals surface area contributed by atoms with E-state index < -0.39 is 6.36 Å². The van der Waals surface area contributed by atoms with E-state index in [4.69, 9.17) is 20.2 Å². The van der Waals surface area contributed by atoms with Crippen molar-refractivity contribution in [2.24, 2.45) is 18.7 Å². The molecule has 2 aliphatic rings. The molecule has 0 spiro atoms. The summed E-state index contributed by atoms with van der Waals surface area (Å²) in [6, 6.07) is 9.33. The van der Waals surface area contributed by atoms with E-state index in [0.717, 1.165) is 29.4 Å². The number of likely N-dealkylation sites (tertiary alicyclic amines) is 1. The normalized spacial score (nSPS) is 21.8. The molecule has 9 nitrogen and oxygen atoms in total. The maximum atomic E-state index is 13.5. The number of carbonyl (C=O) groups is 1. The molecule has 1 saturated heterocycles. The molecular weight excluding hydrogens is 475 g/mol. The molecule has 4 atom stereocenters. The van der Waals surface area contributed by atoms with E-state index in [1.54, 1.807) is 19.2 Å². The Morgan fingerprint density at radius 3 is 2.70 bits per heavy atom. The Bertz CT molecular complexity index is 1530. The lowest BCUT2D eigenvalue weighted by Gasteiger charge is -2.27. The van der Waals surface area contributed by atoms with Gasteiger partial charge in [-0.2, -0.15) is 4.98 Å². The Morgan fingerprint density at radius 2 is 2.05 bits per heavy atom. The molecule has 37 heavy (non-hydrogen) atoms. The first-order chi connectivity index (χ1) is 17.8. The van der Waals surface area contributed by atoms with Crippen molar-refractivity contribution in [3.8, 4) is 23.1 Å². The quantitative estimate of drug-likeness (QED) is 0.426. The number of benzene rings is 1. The van der Waals surface area contributed by atoms with Gasteiger partial charge in [-0.3, -0.25) is 4.79 Å². The first kappa shape index (κ1) is 23.7. The molecule has 1 saturated carbocycles. The van der Waals surface area contributed by atoms with Crippen LogP contribution in [-0.2, 0) is 13.6 Å². The molecule has 4 heterocycles. The minimum atomic E-state index is -1.45. The summed E-state index contributed by atoms with van der Waals surface area (Å²) in [7, 11) is 3.53. The lowest BCUT2D eigenvalue weighted by atomic mass is 10.1. The summed E-state index contributed by atoms with van der Waals surface area (Å²) < 4.78 is 28.3. The van der Waals surface area contributed by atoms with Crippen LogP contribution in [0.5, 0.6) is 11.6 Å². The predicted octanol–water partition coefficient (Wildman–Crippen LogP) is 3.87. The molecule has 2 bridgehead atoms. The smallest absolute Gasteiger partial charge is 0.254 e. The van der Waals surface area contributed by atoms with Crippen molar-refractivity contribution in [2.45, 2.75) is 51.7 Å². The molecule has 1 aromatic carbocycles. The molecule has 2 fully saturated rings. The standard InChI is InChI=1S/C27H31FN6O3/c1-5-33-20(11-15-7-9-22(31-25(15)33)37-14(2)28)26-30-18-10-17(12-21(36-4)24(18)32(26)3)27(35)34-13-16-6-8-19(34)23(16)29/h7,9-12,14,16,19,23H,5-6,8,13,29H2,1-4H3/t14?,16-,19-,23-/m1/s1. The number of methoxy groups -OCH3 is 1. The predicted molar refractivity (Wildman–Crippen MR) is 138 cm³/mol. The van der Waals surface area contributed by atoms with E-state index in [-0.39, 0.29) is 23.9 Å². The maximum absolute atomic E-state index is 13.5. The number of fused-ring (bicyclic) bond motifs is 4. The fourth-order valence-corrected chi connectivity index (χ4v) is 6.11. The molecule has 10 heteroatoms. The third-order valence-electron chi connectivity index (χ3n) is 7.86. The van der Waals surface area contributed by atoms with Gasteiger partial charge >= 0.3 is 0 Å². The van der Waals surface area contributed by atoms with Gasteiger partial charge in [-0.05, 0) is 49.9 Å². The first-order valence-electron chi connectivity index (χ1n) is 12.7. The van der Waals surface area contributed by atoms with Gasteiger partial charge in [0.05, 0.1) is 18.3 Å². The molecular formula is C27H31FN6O3. The number of aryl methyl sites for hydroxylation is 2. The summed E-state index contributed by atoms with van der Waals surface area (Å²) in [5.41, 5.74) is 9.91. The van der Waals surface area contributed by atoms with Gasteiger partial charge in [-0.1, -0.05) is 0 Å². The van der Waals surface area contributed by atoms with Crippen molar-refractivity contribution in [3.63, 3.8) is 0 Å². The van der Waals surface area contributed by atoms with Crippen molar-refractivity contribution in [1.82, 2.24) is 24.0 Å². The average molecular weight is 507 g/mol. The third kappa shape index (κ3) is 3.65. The monoisotopic (exact) mass is 506 g/mol. The highest BCUT2D eigenvalue weighted by Crippen LogP contribution is 2.39. The zero-order valence-corrected chi connectivity index (χ0v) is 21.4. The maximum Gasteiger partial charge on any atom is 0.254 e. The van der Waals surface area contributed by atoms with Crippen molar-refractivity contribution in [1.29, 1.82) is 0 Å². The number of halogens is 1. The van der Waals surface area contributed by atoms with Gasteiger partial charge in [0.1, 0.15) is 16.9 Å². The van der Waals surface area contributed by atoms with Gasteiger partial charge in [-0.25, -0.2) is 9.37 Å². The van der Waals surface area contributed by atoms with Gasteiger partial charge < -0.3 is 29.2 Å². The molecule has 0 radical (unpaired) electrons. The lowest BCUT2D eigenvalue weighted by molar-refractivity contribution is 0.0700. The number of pyridine rings is 1. The number of hydrogen-bond acceptors (Lipinski definition) is 6. The molecule has 3 aromatic heterocycles. The Hall–Kier alpha value is -3.66. The van der Waals surface area contributed by atoms with Crippen molar-refractivity contribution < 1.29 is 18.7 Å². The molecule has 1 aliphatic heterocycles. The number of nitrogens with two attached hydrogens (primary N) is 1. The van der Waals surface area contributed by atoms with Crippen LogP contribution in [0.3, 0.4) is 0 Å². The molecule has 2 N–H and O–H groups in total. The Morgan fingerprint density at radius 1 is 1.24 bits per heavy atom. The second-order valence-corrected chi connectivity index (χ2v) is 9.98. The van der Waals surface area contributed by atoms with Crippen LogP contribution in [0.25, 0.3) is 33.6 Å². The van der Waals surface area contributed by atoms with Gasteiger partial charge in [0.2, 0.25) is 12.2 Å². The highest BCUT2D eigenvalue weighted by atomic mass is 19.1. The van der Waals surface area contributed by atoms with Crippen LogP contribution >= 0.6 is 0 Å². The van der Waals surface area contributed by atoms with Crippen LogP contribution in [0.15, 0.2) is 30.3 Å². The number of rotatable bonds is 6. The number of nitrogens with zero attached hydrogens (tertiary/aromatic N) is 5. The highest BCUT2D eigenvalue weighted by molar-refractivity contribution is 6.00. The summed E-state index contributed by atoms with van der Waals surface area (Å²) in [4.78, 5) is 24.9. The van der Waals surface area contributed by atoms with E-state index in [2.05, 4.69) is 4.98 Å². The Labute approximate surface area is 214 Å². The van der Waals surface area contributed by atoms with Gasteiger partial charge in [0, 0.05) is 56.2 Å². The number of imidazole rings is 1. The van der Waals surface area contributed by atoms with Gasteiger partial charge in [0.15, 0.2) is 5.82 Å². The SMILES string of the molecule is CCn1c(-c2nc3cc(C(=O)N4C[C@H]5CC[C@@H]4[C@@H]5N)cc(OC)c3n2C)cc2ccc(OC(C)F)nc21. The number of piperidine rings is 1. The summed E-state index contributed by atoms with van der Waals surface area (Å²) >= 11 is 0. The number of carbonyl (C=O) groups excluding carboxylic acids is 1. The number of aromatic nitrogens is 4. The van der Waals surface area contributed by atoms with E-state index in [0.29, 0.717) is 47.3 Å². The van der Waals surface area contributed by atoms with Crippen LogP contribution in [0.2, 0.25) is 0 Å². The summed E-state index contributed by atoms with van der Waals surface area (Å²) in [5, 5.41) is 0.894. The summed E-state index contributed by atoms with van der Waals surface area (Å²) in [6.45, 7) is 4.67. The number of ether oxygens (including phenoxy) is 2. The number of alkyl halides is 1. The van der Waals surface area contributed by atoms with E-state index in [1.165, 1.54) is 6.92 Å². The second kappa shape index (κ2) is 8.72. The fraction of sp³-hybridized carbons (Fsp3) is 0.444. The van der Waals surface area contributed by atoms with E-state index in [9.17, 15) is 9.18 Å². The van der Waals surface area contributed by atoms with Crippen molar-refractivity contribution >= 4 is 28.0 Å². The molecule has 6 rings (SSSR count). The van der Waals surface area contributed by atoms with Gasteiger partial charge in [0.25, 0.3) is 5.91 Å². The minimum Gasteiger partial charge on any atom is -0.494 e. The summed E-state index contributed by atoms with van der Waals surface area (Å²) in [5.74, 6) is 1.87. The molecule has 1 amide bonds. The Balaban J connectivity index is 1.45. The average Bonchev–Trinajstić information content (AvgIpc) is 3.62.